The van der Waals surface area contributed by atoms with Gasteiger partial charge in [0.2, 0.25) is 5.91 Å². The summed E-state index contributed by atoms with van der Waals surface area (Å²) in [5.41, 5.74) is 3.18. The first-order valence-electron chi connectivity index (χ1n) is 7.82. The number of fused-ring (bicyclic) bond motifs is 3. The summed E-state index contributed by atoms with van der Waals surface area (Å²) in [5, 5.41) is 6.96. The third kappa shape index (κ3) is 2.76. The van der Waals surface area contributed by atoms with Crippen LogP contribution in [0.1, 0.15) is 5.56 Å². The smallest absolute Gasteiger partial charge is 0.324 e. The van der Waals surface area contributed by atoms with Crippen molar-refractivity contribution in [2.45, 2.75) is 13.5 Å². The Morgan fingerprint density at radius 1 is 1.12 bits per heavy atom. The number of hydrogen-bond donors (Lipinski definition) is 1. The molecule has 0 saturated heterocycles. The lowest BCUT2D eigenvalue weighted by molar-refractivity contribution is -0.117. The Balaban J connectivity index is 1.66. The summed E-state index contributed by atoms with van der Waals surface area (Å²) in [5.74, 6) is -0.313. The molecule has 0 aliphatic heterocycles. The summed E-state index contributed by atoms with van der Waals surface area (Å²) < 4.78 is 2.61. The van der Waals surface area contributed by atoms with Crippen LogP contribution in [0, 0.1) is 6.92 Å². The Hall–Kier alpha value is -3.48. The summed E-state index contributed by atoms with van der Waals surface area (Å²) in [4.78, 5) is 29.1. The lowest BCUT2D eigenvalue weighted by Gasteiger charge is -2.04. The maximum Gasteiger partial charge on any atom is 0.351 e. The van der Waals surface area contributed by atoms with Gasteiger partial charge in [-0.25, -0.2) is 13.9 Å². The number of nitrogens with zero attached hydrogens (tertiary/aromatic N) is 4. The van der Waals surface area contributed by atoms with E-state index >= 15 is 0 Å². The van der Waals surface area contributed by atoms with E-state index in [-0.39, 0.29) is 18.1 Å². The van der Waals surface area contributed by atoms with Crippen LogP contribution in [0.25, 0.3) is 16.7 Å². The monoisotopic (exact) mass is 333 g/mol. The van der Waals surface area contributed by atoms with Gasteiger partial charge in [0, 0.05) is 5.69 Å². The second-order valence-electron chi connectivity index (χ2n) is 5.79. The van der Waals surface area contributed by atoms with Crippen molar-refractivity contribution in [2.24, 2.45) is 0 Å². The number of amides is 1. The summed E-state index contributed by atoms with van der Waals surface area (Å²) in [7, 11) is 0. The lowest BCUT2D eigenvalue weighted by Crippen LogP contribution is -2.28. The van der Waals surface area contributed by atoms with Gasteiger partial charge < -0.3 is 5.32 Å². The molecule has 7 heteroatoms. The van der Waals surface area contributed by atoms with Crippen LogP contribution >= 0.6 is 0 Å². The van der Waals surface area contributed by atoms with Gasteiger partial charge in [0.1, 0.15) is 6.54 Å². The van der Waals surface area contributed by atoms with E-state index in [4.69, 9.17) is 0 Å². The average Bonchev–Trinajstić information content (AvgIpc) is 2.93. The fourth-order valence-corrected chi connectivity index (χ4v) is 2.70. The molecule has 124 valence electrons. The van der Waals surface area contributed by atoms with Crippen molar-refractivity contribution in [1.82, 2.24) is 19.2 Å². The van der Waals surface area contributed by atoms with Gasteiger partial charge in [0.05, 0.1) is 17.2 Å². The van der Waals surface area contributed by atoms with Crippen molar-refractivity contribution < 1.29 is 4.79 Å². The molecule has 25 heavy (non-hydrogen) atoms. The minimum absolute atomic E-state index is 0.164. The molecule has 2 aromatic heterocycles. The zero-order chi connectivity index (χ0) is 17.4. The van der Waals surface area contributed by atoms with E-state index in [2.05, 4.69) is 15.4 Å². The van der Waals surface area contributed by atoms with Gasteiger partial charge in [0.15, 0.2) is 5.65 Å². The highest BCUT2D eigenvalue weighted by Gasteiger charge is 2.13. The Morgan fingerprint density at radius 3 is 2.68 bits per heavy atom. The third-order valence-corrected chi connectivity index (χ3v) is 3.93. The first kappa shape index (κ1) is 15.1. The molecule has 4 rings (SSSR count). The molecule has 0 aliphatic rings. The van der Waals surface area contributed by atoms with Gasteiger partial charge in [-0.2, -0.15) is 0 Å². The third-order valence-electron chi connectivity index (χ3n) is 3.93. The first-order valence-corrected chi connectivity index (χ1v) is 7.82. The standard InChI is InChI=1S/C18H15N5O2/c1-12-6-8-13(9-7-12)20-17(24)11-22-18(25)23-15-5-3-2-4-14(15)19-10-16(23)21-22/h2-10H,11H2,1H3,(H,20,24). The molecule has 1 amide bonds. The van der Waals surface area contributed by atoms with E-state index < -0.39 is 0 Å². The van der Waals surface area contributed by atoms with Crippen molar-refractivity contribution in [1.29, 1.82) is 0 Å². The SMILES string of the molecule is Cc1ccc(NC(=O)Cn2nc3cnc4ccccc4n3c2=O)cc1. The number of aromatic nitrogens is 4. The van der Waals surface area contributed by atoms with Gasteiger partial charge in [-0.15, -0.1) is 5.10 Å². The minimum Gasteiger partial charge on any atom is -0.324 e. The number of anilines is 1. The second-order valence-corrected chi connectivity index (χ2v) is 5.79. The number of aryl methyl sites for hydroxylation is 1. The van der Waals surface area contributed by atoms with E-state index in [0.29, 0.717) is 22.4 Å². The fraction of sp³-hybridized carbons (Fsp3) is 0.111. The van der Waals surface area contributed by atoms with Crippen LogP contribution in [0.3, 0.4) is 0 Å². The predicted octanol–water partition coefficient (Wildman–Crippen LogP) is 1.99. The summed E-state index contributed by atoms with van der Waals surface area (Å²) in [6, 6.07) is 14.8. The number of para-hydroxylation sites is 2. The van der Waals surface area contributed by atoms with Gasteiger partial charge in [-0.3, -0.25) is 9.78 Å². The minimum atomic E-state index is -0.368. The number of benzene rings is 2. The van der Waals surface area contributed by atoms with Crippen molar-refractivity contribution in [2.75, 3.05) is 5.32 Å². The number of nitrogens with one attached hydrogen (secondary N) is 1. The molecule has 0 atom stereocenters. The number of carbonyl (C=O) groups is 1. The van der Waals surface area contributed by atoms with Crippen LogP contribution in [0.2, 0.25) is 0 Å². The molecular weight excluding hydrogens is 318 g/mol. The zero-order valence-corrected chi connectivity index (χ0v) is 13.5. The number of hydrogen-bond acceptors (Lipinski definition) is 4. The topological polar surface area (TPSA) is 81.3 Å². The molecule has 1 N–H and O–H groups in total. The van der Waals surface area contributed by atoms with Crippen molar-refractivity contribution in [3.05, 3.63) is 70.8 Å². The van der Waals surface area contributed by atoms with Gasteiger partial charge in [-0.1, -0.05) is 29.8 Å². The Kier molecular flexibility index (Phi) is 3.53. The first-order chi connectivity index (χ1) is 12.1. The molecular formula is C18H15N5O2. The number of carbonyl (C=O) groups excluding carboxylic acids is 1. The predicted molar refractivity (Wildman–Crippen MR) is 94.6 cm³/mol. The molecule has 0 fully saturated rings. The normalized spacial score (nSPS) is 11.1. The summed E-state index contributed by atoms with van der Waals surface area (Å²) in [6.07, 6.45) is 1.53. The molecule has 2 heterocycles. The molecule has 0 unspecified atom stereocenters. The summed E-state index contributed by atoms with van der Waals surface area (Å²) in [6.45, 7) is 1.81. The van der Waals surface area contributed by atoms with Crippen LogP contribution in [0.5, 0.6) is 0 Å². The maximum absolute atomic E-state index is 12.6. The fourth-order valence-electron chi connectivity index (χ4n) is 2.70. The highest BCUT2D eigenvalue weighted by molar-refractivity contribution is 5.90. The van der Waals surface area contributed by atoms with E-state index in [1.54, 1.807) is 6.07 Å². The van der Waals surface area contributed by atoms with E-state index in [9.17, 15) is 9.59 Å². The van der Waals surface area contributed by atoms with Crippen LogP contribution < -0.4 is 11.0 Å². The molecule has 0 aliphatic carbocycles. The van der Waals surface area contributed by atoms with Gasteiger partial charge >= 0.3 is 5.69 Å². The molecule has 0 spiro atoms. The molecule has 0 bridgehead atoms. The Bertz CT molecular complexity index is 1140. The summed E-state index contributed by atoms with van der Waals surface area (Å²) >= 11 is 0. The quantitative estimate of drug-likeness (QED) is 0.622. The molecule has 7 nitrogen and oxygen atoms in total. The van der Waals surface area contributed by atoms with Crippen molar-refractivity contribution in [3.8, 4) is 0 Å². The lowest BCUT2D eigenvalue weighted by atomic mass is 10.2. The Morgan fingerprint density at radius 2 is 1.88 bits per heavy atom. The highest BCUT2D eigenvalue weighted by Crippen LogP contribution is 2.11. The average molecular weight is 333 g/mol. The highest BCUT2D eigenvalue weighted by atomic mass is 16.2. The second kappa shape index (κ2) is 5.86. The van der Waals surface area contributed by atoms with Gasteiger partial charge in [-0.05, 0) is 31.2 Å². The van der Waals surface area contributed by atoms with Crippen LogP contribution in [-0.4, -0.2) is 25.1 Å². The van der Waals surface area contributed by atoms with E-state index in [0.717, 1.165) is 10.2 Å². The molecule has 2 aromatic carbocycles. The van der Waals surface area contributed by atoms with Crippen LogP contribution in [0.4, 0.5) is 5.69 Å². The Labute approximate surface area is 142 Å². The molecule has 0 radical (unpaired) electrons. The maximum atomic E-state index is 12.6. The van der Waals surface area contributed by atoms with E-state index in [1.165, 1.54) is 10.6 Å². The molecule has 0 saturated carbocycles. The molecule has 4 aromatic rings. The largest absolute Gasteiger partial charge is 0.351 e. The van der Waals surface area contributed by atoms with Crippen LogP contribution in [0.15, 0.2) is 59.5 Å². The van der Waals surface area contributed by atoms with E-state index in [1.807, 2.05) is 49.4 Å². The van der Waals surface area contributed by atoms with Crippen molar-refractivity contribution in [3.63, 3.8) is 0 Å². The van der Waals surface area contributed by atoms with Crippen molar-refractivity contribution >= 4 is 28.3 Å². The number of rotatable bonds is 3. The zero-order valence-electron chi connectivity index (χ0n) is 13.5. The van der Waals surface area contributed by atoms with Gasteiger partial charge in [0.25, 0.3) is 0 Å². The van der Waals surface area contributed by atoms with Crippen LogP contribution in [-0.2, 0) is 11.3 Å².